The van der Waals surface area contributed by atoms with Gasteiger partial charge in [0.25, 0.3) is 0 Å². The third kappa shape index (κ3) is 3.95. The first-order valence-electron chi connectivity index (χ1n) is 5.84. The van der Waals surface area contributed by atoms with Gasteiger partial charge in [0.15, 0.2) is 0 Å². The number of hydrogen-bond acceptors (Lipinski definition) is 0. The van der Waals surface area contributed by atoms with Crippen LogP contribution >= 0.6 is 39.1 Å². The van der Waals surface area contributed by atoms with E-state index in [9.17, 15) is 26.3 Å². The standard InChI is InChI=1S/C14H5BrCl2F6/c15-12-10(16)3-6(4-11(12)17)8-2-1-7(13(18,19)20)5-9(8)14(21,22)23/h1-5H. The molecular weight excluding hydrogens is 433 g/mol. The molecule has 0 nitrogen and oxygen atoms in total. The molecule has 0 aromatic heterocycles. The highest BCUT2D eigenvalue weighted by molar-refractivity contribution is 9.10. The summed E-state index contributed by atoms with van der Waals surface area (Å²) in [5, 5.41) is 0.0843. The number of hydrogen-bond donors (Lipinski definition) is 0. The van der Waals surface area contributed by atoms with E-state index in [-0.39, 0.29) is 26.1 Å². The van der Waals surface area contributed by atoms with Gasteiger partial charge in [-0.1, -0.05) is 29.3 Å². The van der Waals surface area contributed by atoms with Crippen LogP contribution in [0.3, 0.4) is 0 Å². The topological polar surface area (TPSA) is 0 Å². The van der Waals surface area contributed by atoms with Crippen molar-refractivity contribution >= 4 is 39.1 Å². The van der Waals surface area contributed by atoms with Crippen LogP contribution in [-0.2, 0) is 12.4 Å². The van der Waals surface area contributed by atoms with Gasteiger partial charge in [0.2, 0.25) is 0 Å². The molecule has 2 aromatic rings. The zero-order chi connectivity index (χ0) is 17.6. The Morgan fingerprint density at radius 1 is 0.783 bits per heavy atom. The Kier molecular flexibility index (Phi) is 4.95. The number of alkyl halides is 6. The highest BCUT2D eigenvalue weighted by Gasteiger charge is 2.38. The molecule has 0 heterocycles. The minimum absolute atomic E-state index is 0.0377. The molecule has 0 fully saturated rings. The maximum Gasteiger partial charge on any atom is 0.417 e. The third-order valence-corrected chi connectivity index (χ3v) is 4.85. The summed E-state index contributed by atoms with van der Waals surface area (Å²) in [5.41, 5.74) is -3.28. The van der Waals surface area contributed by atoms with Gasteiger partial charge in [0, 0.05) is 0 Å². The molecule has 0 aliphatic heterocycles. The molecule has 0 unspecified atom stereocenters. The van der Waals surface area contributed by atoms with Gasteiger partial charge in [0.05, 0.1) is 25.6 Å². The van der Waals surface area contributed by atoms with Crippen molar-refractivity contribution in [2.24, 2.45) is 0 Å². The van der Waals surface area contributed by atoms with E-state index < -0.39 is 29.0 Å². The minimum Gasteiger partial charge on any atom is -0.166 e. The molecule has 2 aromatic carbocycles. The van der Waals surface area contributed by atoms with E-state index >= 15 is 0 Å². The Morgan fingerprint density at radius 3 is 1.74 bits per heavy atom. The van der Waals surface area contributed by atoms with Crippen LogP contribution < -0.4 is 0 Å². The minimum atomic E-state index is -4.97. The van der Waals surface area contributed by atoms with Crippen molar-refractivity contribution < 1.29 is 26.3 Å². The van der Waals surface area contributed by atoms with Crippen molar-refractivity contribution in [1.82, 2.24) is 0 Å². The molecule has 0 radical (unpaired) electrons. The van der Waals surface area contributed by atoms with E-state index in [1.165, 1.54) is 12.1 Å². The van der Waals surface area contributed by atoms with Gasteiger partial charge in [0.1, 0.15) is 0 Å². The van der Waals surface area contributed by atoms with Gasteiger partial charge in [-0.25, -0.2) is 0 Å². The Labute approximate surface area is 145 Å². The van der Waals surface area contributed by atoms with E-state index in [4.69, 9.17) is 23.2 Å². The van der Waals surface area contributed by atoms with Gasteiger partial charge in [-0.05, 0) is 51.3 Å². The lowest BCUT2D eigenvalue weighted by atomic mass is 9.97. The zero-order valence-corrected chi connectivity index (χ0v) is 13.9. The first kappa shape index (κ1) is 18.4. The molecule has 0 saturated carbocycles. The van der Waals surface area contributed by atoms with Crippen molar-refractivity contribution in [3.05, 3.63) is 56.0 Å². The van der Waals surface area contributed by atoms with Crippen molar-refractivity contribution in [3.63, 3.8) is 0 Å². The molecular formula is C14H5BrCl2F6. The fraction of sp³-hybridized carbons (Fsp3) is 0.143. The summed E-state index contributed by atoms with van der Waals surface area (Å²) in [6, 6.07) is 3.78. The third-order valence-electron chi connectivity index (χ3n) is 2.95. The Morgan fingerprint density at radius 2 is 1.30 bits per heavy atom. The normalized spacial score (nSPS) is 12.6. The van der Waals surface area contributed by atoms with Gasteiger partial charge in [-0.15, -0.1) is 0 Å². The highest BCUT2D eigenvalue weighted by atomic mass is 79.9. The second-order valence-electron chi connectivity index (χ2n) is 4.51. The molecule has 0 atom stereocenters. The SMILES string of the molecule is FC(F)(F)c1ccc(-c2cc(Cl)c(Br)c(Cl)c2)c(C(F)(F)F)c1. The molecule has 0 spiro atoms. The predicted octanol–water partition coefficient (Wildman–Crippen LogP) is 7.46. The molecule has 2 rings (SSSR count). The lowest BCUT2D eigenvalue weighted by Crippen LogP contribution is -2.12. The van der Waals surface area contributed by atoms with Gasteiger partial charge >= 0.3 is 12.4 Å². The summed E-state index contributed by atoms with van der Waals surface area (Å²) >= 11 is 14.7. The first-order valence-corrected chi connectivity index (χ1v) is 7.39. The Balaban J connectivity index is 2.72. The van der Waals surface area contributed by atoms with Crippen LogP contribution in [-0.4, -0.2) is 0 Å². The second-order valence-corrected chi connectivity index (χ2v) is 6.12. The average Bonchev–Trinajstić information content (AvgIpc) is 2.41. The highest BCUT2D eigenvalue weighted by Crippen LogP contribution is 2.43. The summed E-state index contributed by atoms with van der Waals surface area (Å²) in [6.45, 7) is 0. The van der Waals surface area contributed by atoms with Crippen LogP contribution in [0, 0.1) is 0 Å². The molecule has 0 saturated heterocycles. The molecule has 0 amide bonds. The van der Waals surface area contributed by atoms with Crippen molar-refractivity contribution in [2.75, 3.05) is 0 Å². The van der Waals surface area contributed by atoms with E-state index in [2.05, 4.69) is 15.9 Å². The van der Waals surface area contributed by atoms with Crippen molar-refractivity contribution in [1.29, 1.82) is 0 Å². The van der Waals surface area contributed by atoms with E-state index in [1.54, 1.807) is 0 Å². The number of rotatable bonds is 1. The largest absolute Gasteiger partial charge is 0.417 e. The second kappa shape index (κ2) is 6.18. The van der Waals surface area contributed by atoms with E-state index in [0.29, 0.717) is 6.07 Å². The van der Waals surface area contributed by atoms with Crippen molar-refractivity contribution in [2.45, 2.75) is 12.4 Å². The molecule has 9 heteroatoms. The van der Waals surface area contributed by atoms with Crippen LogP contribution in [0.4, 0.5) is 26.3 Å². The van der Waals surface area contributed by atoms with Crippen LogP contribution in [0.5, 0.6) is 0 Å². The summed E-state index contributed by atoms with van der Waals surface area (Å²) in [6.07, 6.45) is -9.85. The maximum atomic E-state index is 13.1. The van der Waals surface area contributed by atoms with Crippen LogP contribution in [0.1, 0.15) is 11.1 Å². The Hall–Kier alpha value is -0.920. The summed E-state index contributed by atoms with van der Waals surface area (Å²) < 4.78 is 77.7. The van der Waals surface area contributed by atoms with Crippen LogP contribution in [0.15, 0.2) is 34.8 Å². The molecule has 0 N–H and O–H groups in total. The fourth-order valence-electron chi connectivity index (χ4n) is 1.92. The number of halogens is 9. The number of benzene rings is 2. The smallest absolute Gasteiger partial charge is 0.166 e. The zero-order valence-electron chi connectivity index (χ0n) is 10.8. The molecule has 124 valence electrons. The molecule has 0 aliphatic carbocycles. The summed E-state index contributed by atoms with van der Waals surface area (Å²) in [4.78, 5) is 0. The monoisotopic (exact) mass is 436 g/mol. The predicted molar refractivity (Wildman–Crippen MR) is 79.6 cm³/mol. The maximum absolute atomic E-state index is 13.1. The molecule has 0 bridgehead atoms. The summed E-state index contributed by atoms with van der Waals surface area (Å²) in [5.74, 6) is 0. The van der Waals surface area contributed by atoms with Gasteiger partial charge in [-0.3, -0.25) is 0 Å². The lowest BCUT2D eigenvalue weighted by Gasteiger charge is -2.16. The Bertz CT molecular complexity index is 729. The van der Waals surface area contributed by atoms with Gasteiger partial charge < -0.3 is 0 Å². The lowest BCUT2D eigenvalue weighted by molar-refractivity contribution is -0.142. The molecule has 0 aliphatic rings. The van der Waals surface area contributed by atoms with E-state index in [0.717, 1.165) is 6.07 Å². The van der Waals surface area contributed by atoms with E-state index in [1.807, 2.05) is 0 Å². The van der Waals surface area contributed by atoms with Crippen LogP contribution in [0.2, 0.25) is 10.0 Å². The first-order chi connectivity index (χ1) is 10.4. The van der Waals surface area contributed by atoms with Crippen molar-refractivity contribution in [3.8, 4) is 11.1 Å². The fourth-order valence-corrected chi connectivity index (χ4v) is 2.63. The summed E-state index contributed by atoms with van der Waals surface area (Å²) in [7, 11) is 0. The van der Waals surface area contributed by atoms with Gasteiger partial charge in [-0.2, -0.15) is 26.3 Å². The average molecular weight is 438 g/mol. The molecule has 23 heavy (non-hydrogen) atoms. The quantitative estimate of drug-likeness (QED) is 0.321. The van der Waals surface area contributed by atoms with Crippen LogP contribution in [0.25, 0.3) is 11.1 Å².